The molecule has 0 bridgehead atoms. The summed E-state index contributed by atoms with van der Waals surface area (Å²) >= 11 is 0. The summed E-state index contributed by atoms with van der Waals surface area (Å²) in [6.07, 6.45) is 2.51. The summed E-state index contributed by atoms with van der Waals surface area (Å²) in [5.74, 6) is 0.494. The zero-order chi connectivity index (χ0) is 18.0. The quantitative estimate of drug-likeness (QED) is 0.860. The summed E-state index contributed by atoms with van der Waals surface area (Å²) in [7, 11) is 0. The average Bonchev–Trinajstić information content (AvgIpc) is 3.17. The summed E-state index contributed by atoms with van der Waals surface area (Å²) in [6.45, 7) is 9.46. The van der Waals surface area contributed by atoms with Gasteiger partial charge in [0.2, 0.25) is 11.8 Å². The van der Waals surface area contributed by atoms with E-state index in [9.17, 15) is 9.59 Å². The molecule has 3 rings (SSSR count). The van der Waals surface area contributed by atoms with Crippen molar-refractivity contribution < 1.29 is 9.59 Å². The first-order valence-electron chi connectivity index (χ1n) is 9.32. The lowest BCUT2D eigenvalue weighted by Gasteiger charge is -2.22. The molecule has 0 saturated carbocycles. The van der Waals surface area contributed by atoms with Crippen molar-refractivity contribution in [1.29, 1.82) is 0 Å². The Kier molecular flexibility index (Phi) is 5.42. The fourth-order valence-corrected chi connectivity index (χ4v) is 4.20. The monoisotopic (exact) mass is 343 g/mol. The van der Waals surface area contributed by atoms with E-state index in [1.165, 1.54) is 12.0 Å². The fourth-order valence-electron chi connectivity index (χ4n) is 4.20. The molecule has 25 heavy (non-hydrogen) atoms. The Bertz CT molecular complexity index is 642. The third-order valence-corrected chi connectivity index (χ3v) is 5.42. The number of hydrogen-bond donors (Lipinski definition) is 2. The van der Waals surface area contributed by atoms with Gasteiger partial charge in [-0.05, 0) is 63.7 Å². The van der Waals surface area contributed by atoms with E-state index in [-0.39, 0.29) is 17.7 Å². The molecule has 136 valence electrons. The number of amides is 2. The molecule has 2 aliphatic heterocycles. The Labute approximate surface area is 150 Å². The van der Waals surface area contributed by atoms with Gasteiger partial charge in [-0.3, -0.25) is 9.59 Å². The van der Waals surface area contributed by atoms with E-state index in [4.69, 9.17) is 0 Å². The Balaban J connectivity index is 1.59. The van der Waals surface area contributed by atoms with Crippen molar-refractivity contribution in [2.45, 2.75) is 40.0 Å². The van der Waals surface area contributed by atoms with Gasteiger partial charge in [0.05, 0.1) is 5.92 Å². The molecule has 2 aliphatic rings. The molecule has 2 saturated heterocycles. The van der Waals surface area contributed by atoms with Crippen molar-refractivity contribution in [3.63, 3.8) is 0 Å². The maximum atomic E-state index is 12.5. The van der Waals surface area contributed by atoms with Gasteiger partial charge in [0.15, 0.2) is 0 Å². The maximum Gasteiger partial charge on any atom is 0.227 e. The molecule has 2 N–H and O–H groups in total. The van der Waals surface area contributed by atoms with Crippen LogP contribution in [0.15, 0.2) is 12.1 Å². The van der Waals surface area contributed by atoms with Crippen LogP contribution in [0.3, 0.4) is 0 Å². The summed E-state index contributed by atoms with van der Waals surface area (Å²) in [5, 5.41) is 6.38. The number of anilines is 1. The fraction of sp³-hybridized carbons (Fsp3) is 0.600. The first-order chi connectivity index (χ1) is 12.0. The second kappa shape index (κ2) is 7.56. The van der Waals surface area contributed by atoms with Crippen molar-refractivity contribution in [2.75, 3.05) is 31.1 Å². The molecular weight excluding hydrogens is 314 g/mol. The first kappa shape index (κ1) is 17.9. The van der Waals surface area contributed by atoms with Gasteiger partial charge in [0.25, 0.3) is 0 Å². The van der Waals surface area contributed by atoms with Crippen LogP contribution in [0.1, 0.15) is 36.0 Å². The van der Waals surface area contributed by atoms with Crippen LogP contribution in [0.25, 0.3) is 0 Å². The lowest BCUT2D eigenvalue weighted by molar-refractivity contribution is -0.126. The number of nitrogens with one attached hydrogen (secondary N) is 2. The van der Waals surface area contributed by atoms with E-state index in [2.05, 4.69) is 29.7 Å². The van der Waals surface area contributed by atoms with Crippen LogP contribution in [0.4, 0.5) is 5.69 Å². The minimum Gasteiger partial charge on any atom is -0.356 e. The van der Waals surface area contributed by atoms with Gasteiger partial charge in [-0.1, -0.05) is 17.7 Å². The SMILES string of the molecule is Cc1cc(C)c(N2CC(C(=O)NCCC3CCNC3)CC2=O)c(C)c1. The third kappa shape index (κ3) is 4.03. The summed E-state index contributed by atoms with van der Waals surface area (Å²) in [4.78, 5) is 26.8. The van der Waals surface area contributed by atoms with Crippen molar-refractivity contribution >= 4 is 17.5 Å². The van der Waals surface area contributed by atoms with E-state index >= 15 is 0 Å². The molecule has 1 aromatic carbocycles. The van der Waals surface area contributed by atoms with Gasteiger partial charge in [0, 0.05) is 25.2 Å². The van der Waals surface area contributed by atoms with E-state index in [1.807, 2.05) is 13.8 Å². The van der Waals surface area contributed by atoms with Crippen molar-refractivity contribution in [3.8, 4) is 0 Å². The van der Waals surface area contributed by atoms with Crippen LogP contribution in [-0.4, -0.2) is 38.0 Å². The number of hydrogen-bond acceptors (Lipinski definition) is 3. The molecule has 2 amide bonds. The topological polar surface area (TPSA) is 61.4 Å². The highest BCUT2D eigenvalue weighted by molar-refractivity contribution is 6.01. The first-order valence-corrected chi connectivity index (χ1v) is 9.32. The Morgan fingerprint density at radius 3 is 2.64 bits per heavy atom. The predicted molar refractivity (Wildman–Crippen MR) is 99.7 cm³/mol. The molecule has 0 spiro atoms. The van der Waals surface area contributed by atoms with Gasteiger partial charge in [-0.2, -0.15) is 0 Å². The molecule has 2 fully saturated rings. The van der Waals surface area contributed by atoms with Crippen molar-refractivity contribution in [3.05, 3.63) is 28.8 Å². The summed E-state index contributed by atoms with van der Waals surface area (Å²) < 4.78 is 0. The highest BCUT2D eigenvalue weighted by Crippen LogP contribution is 2.31. The van der Waals surface area contributed by atoms with Crippen LogP contribution in [-0.2, 0) is 9.59 Å². The standard InChI is InChI=1S/C20H29N3O2/c1-13-8-14(2)19(15(3)9-13)23-12-17(10-18(23)24)20(25)22-7-5-16-4-6-21-11-16/h8-9,16-17,21H,4-7,10-12H2,1-3H3,(H,22,25). The van der Waals surface area contributed by atoms with Gasteiger partial charge < -0.3 is 15.5 Å². The highest BCUT2D eigenvalue weighted by atomic mass is 16.2. The molecule has 2 atom stereocenters. The number of carbonyl (C=O) groups excluding carboxylic acids is 2. The number of rotatable bonds is 5. The number of nitrogens with zero attached hydrogens (tertiary/aromatic N) is 1. The van der Waals surface area contributed by atoms with Crippen molar-refractivity contribution in [1.82, 2.24) is 10.6 Å². The minimum absolute atomic E-state index is 0.0178. The second-order valence-electron chi connectivity index (χ2n) is 7.59. The summed E-state index contributed by atoms with van der Waals surface area (Å²) in [6, 6.07) is 4.19. The maximum absolute atomic E-state index is 12.5. The zero-order valence-corrected chi connectivity index (χ0v) is 15.5. The van der Waals surface area contributed by atoms with Gasteiger partial charge >= 0.3 is 0 Å². The highest BCUT2D eigenvalue weighted by Gasteiger charge is 2.36. The molecular formula is C20H29N3O2. The van der Waals surface area contributed by atoms with E-state index in [1.54, 1.807) is 4.90 Å². The van der Waals surface area contributed by atoms with Crippen LogP contribution in [0.5, 0.6) is 0 Å². The van der Waals surface area contributed by atoms with E-state index < -0.39 is 0 Å². The molecule has 0 aliphatic carbocycles. The second-order valence-corrected chi connectivity index (χ2v) is 7.59. The van der Waals surface area contributed by atoms with Crippen molar-refractivity contribution in [2.24, 2.45) is 11.8 Å². The lowest BCUT2D eigenvalue weighted by Crippen LogP contribution is -2.34. The van der Waals surface area contributed by atoms with Crippen LogP contribution in [0.2, 0.25) is 0 Å². The Hall–Kier alpha value is -1.88. The smallest absolute Gasteiger partial charge is 0.227 e. The number of benzene rings is 1. The van der Waals surface area contributed by atoms with Crippen LogP contribution >= 0.6 is 0 Å². The summed E-state index contributed by atoms with van der Waals surface area (Å²) in [5.41, 5.74) is 4.37. The van der Waals surface area contributed by atoms with Gasteiger partial charge in [-0.15, -0.1) is 0 Å². The molecule has 2 unspecified atom stereocenters. The molecule has 0 aromatic heterocycles. The molecule has 0 radical (unpaired) electrons. The number of carbonyl (C=O) groups is 2. The third-order valence-electron chi connectivity index (χ3n) is 5.42. The largest absolute Gasteiger partial charge is 0.356 e. The lowest BCUT2D eigenvalue weighted by atomic mass is 10.0. The number of aryl methyl sites for hydroxylation is 3. The average molecular weight is 343 g/mol. The van der Waals surface area contributed by atoms with E-state index in [0.717, 1.165) is 36.3 Å². The molecule has 1 aromatic rings. The molecule has 5 heteroatoms. The van der Waals surface area contributed by atoms with Gasteiger partial charge in [-0.25, -0.2) is 0 Å². The Morgan fingerprint density at radius 2 is 2.00 bits per heavy atom. The molecule has 2 heterocycles. The molecule has 5 nitrogen and oxygen atoms in total. The normalized spacial score (nSPS) is 23.3. The Morgan fingerprint density at radius 1 is 1.28 bits per heavy atom. The predicted octanol–water partition coefficient (Wildman–Crippen LogP) is 2.08. The van der Waals surface area contributed by atoms with Crippen LogP contribution < -0.4 is 15.5 Å². The van der Waals surface area contributed by atoms with Crippen LogP contribution in [0, 0.1) is 32.6 Å². The minimum atomic E-state index is -0.241. The van der Waals surface area contributed by atoms with Gasteiger partial charge in [0.1, 0.15) is 0 Å². The zero-order valence-electron chi connectivity index (χ0n) is 15.5. The van der Waals surface area contributed by atoms with E-state index in [0.29, 0.717) is 25.4 Å².